The first-order chi connectivity index (χ1) is 15.0. The van der Waals surface area contributed by atoms with Crippen LogP contribution in [0.4, 0.5) is 5.69 Å². The maximum absolute atomic E-state index is 12.7. The number of carbonyl (C=O) groups is 1. The second-order valence-electron chi connectivity index (χ2n) is 7.01. The Morgan fingerprint density at radius 1 is 1.13 bits per heavy atom. The molecule has 3 aromatic carbocycles. The van der Waals surface area contributed by atoms with Gasteiger partial charge in [0.1, 0.15) is 0 Å². The molecule has 8 heteroatoms. The van der Waals surface area contributed by atoms with Crippen LogP contribution in [-0.2, 0) is 22.5 Å². The van der Waals surface area contributed by atoms with E-state index < -0.39 is 4.92 Å². The van der Waals surface area contributed by atoms with Crippen LogP contribution in [0.15, 0.2) is 65.7 Å². The molecular weight excluding hydrogens is 414 g/mol. The summed E-state index contributed by atoms with van der Waals surface area (Å²) in [7, 11) is 0. The molecule has 0 spiro atoms. The number of non-ortho nitro benzene ring substituents is 1. The van der Waals surface area contributed by atoms with Gasteiger partial charge >= 0.3 is 0 Å². The molecule has 1 aromatic heterocycles. The van der Waals surface area contributed by atoms with Gasteiger partial charge in [0, 0.05) is 25.3 Å². The fourth-order valence-electron chi connectivity index (χ4n) is 3.44. The van der Waals surface area contributed by atoms with Crippen molar-refractivity contribution < 1.29 is 14.5 Å². The van der Waals surface area contributed by atoms with Crippen molar-refractivity contribution in [1.82, 2.24) is 4.57 Å². The lowest BCUT2D eigenvalue weighted by Crippen LogP contribution is -2.20. The van der Waals surface area contributed by atoms with Crippen molar-refractivity contribution >= 4 is 43.9 Å². The molecule has 158 valence electrons. The van der Waals surface area contributed by atoms with Gasteiger partial charge < -0.3 is 9.30 Å². The van der Waals surface area contributed by atoms with Crippen LogP contribution in [0, 0.1) is 10.1 Å². The summed E-state index contributed by atoms with van der Waals surface area (Å²) >= 11 is 1.34. The molecule has 0 unspecified atom stereocenters. The van der Waals surface area contributed by atoms with Gasteiger partial charge in [0.2, 0.25) is 0 Å². The number of rotatable bonds is 7. The van der Waals surface area contributed by atoms with Crippen molar-refractivity contribution in [2.45, 2.75) is 19.9 Å². The molecular formula is C23H21N3O4S. The van der Waals surface area contributed by atoms with E-state index in [9.17, 15) is 14.9 Å². The Kier molecular flexibility index (Phi) is 6.20. The number of hydrogen-bond donors (Lipinski definition) is 0. The smallest absolute Gasteiger partial charge is 0.271 e. The van der Waals surface area contributed by atoms with Gasteiger partial charge in [-0.25, -0.2) is 0 Å². The summed E-state index contributed by atoms with van der Waals surface area (Å²) in [5, 5.41) is 13.4. The van der Waals surface area contributed by atoms with Crippen molar-refractivity contribution in [3.05, 3.63) is 81.1 Å². The Morgan fingerprint density at radius 2 is 1.94 bits per heavy atom. The van der Waals surface area contributed by atoms with Crippen molar-refractivity contribution in [3.8, 4) is 0 Å². The maximum atomic E-state index is 12.7. The fraction of sp³-hybridized carbons (Fsp3) is 0.217. The number of nitro benzene ring substituents is 1. The summed E-state index contributed by atoms with van der Waals surface area (Å²) in [6.07, 6.45) is 0.185. The van der Waals surface area contributed by atoms with E-state index in [4.69, 9.17) is 4.74 Å². The van der Waals surface area contributed by atoms with Gasteiger partial charge in [-0.2, -0.15) is 4.99 Å². The van der Waals surface area contributed by atoms with Gasteiger partial charge in [-0.3, -0.25) is 14.9 Å². The Balaban J connectivity index is 1.69. The largest absolute Gasteiger partial charge is 0.380 e. The van der Waals surface area contributed by atoms with Crippen LogP contribution in [0.2, 0.25) is 0 Å². The molecule has 4 aromatic rings. The summed E-state index contributed by atoms with van der Waals surface area (Å²) in [5.74, 6) is -0.263. The van der Waals surface area contributed by atoms with Crippen molar-refractivity contribution in [1.29, 1.82) is 0 Å². The first-order valence-electron chi connectivity index (χ1n) is 9.96. The van der Waals surface area contributed by atoms with Crippen LogP contribution in [-0.4, -0.2) is 28.6 Å². The van der Waals surface area contributed by atoms with E-state index in [2.05, 4.69) is 4.99 Å². The zero-order chi connectivity index (χ0) is 21.8. The highest BCUT2D eigenvalue weighted by molar-refractivity contribution is 7.16. The minimum atomic E-state index is -0.425. The predicted molar refractivity (Wildman–Crippen MR) is 121 cm³/mol. The van der Waals surface area contributed by atoms with Crippen molar-refractivity contribution in [2.24, 2.45) is 4.99 Å². The van der Waals surface area contributed by atoms with Gasteiger partial charge in [0.15, 0.2) is 4.80 Å². The average Bonchev–Trinajstić information content (AvgIpc) is 3.10. The molecule has 31 heavy (non-hydrogen) atoms. The molecule has 0 saturated carbocycles. The van der Waals surface area contributed by atoms with E-state index in [0.29, 0.717) is 30.1 Å². The van der Waals surface area contributed by atoms with Gasteiger partial charge in [-0.15, -0.1) is 0 Å². The SMILES string of the molecule is CCOCCn1c(=NC(=O)Cc2ccc3ccccc3c2)sc2ccc([N+](=O)[O-])cc21. The number of nitrogens with zero attached hydrogens (tertiary/aromatic N) is 3. The Bertz CT molecular complexity index is 1340. The van der Waals surface area contributed by atoms with Crippen molar-refractivity contribution in [2.75, 3.05) is 13.2 Å². The highest BCUT2D eigenvalue weighted by Crippen LogP contribution is 2.23. The second kappa shape index (κ2) is 9.20. The molecule has 0 saturated heterocycles. The average molecular weight is 436 g/mol. The van der Waals surface area contributed by atoms with Crippen LogP contribution in [0.25, 0.3) is 21.0 Å². The molecule has 0 bridgehead atoms. The third kappa shape index (κ3) is 4.70. The number of hydrogen-bond acceptors (Lipinski definition) is 5. The number of ether oxygens (including phenoxy) is 1. The Morgan fingerprint density at radius 3 is 2.71 bits per heavy atom. The highest BCUT2D eigenvalue weighted by Gasteiger charge is 2.13. The summed E-state index contributed by atoms with van der Waals surface area (Å²) in [6, 6.07) is 18.6. The number of nitro groups is 1. The zero-order valence-electron chi connectivity index (χ0n) is 17.0. The summed E-state index contributed by atoms with van der Waals surface area (Å²) in [5.41, 5.74) is 1.57. The van der Waals surface area contributed by atoms with Crippen LogP contribution in [0.3, 0.4) is 0 Å². The molecule has 0 fully saturated rings. The van der Waals surface area contributed by atoms with Crippen molar-refractivity contribution in [3.63, 3.8) is 0 Å². The number of fused-ring (bicyclic) bond motifs is 2. The standard InChI is InChI=1S/C23H21N3O4S/c1-2-30-12-11-25-20-15-19(26(28)29)9-10-21(20)31-23(25)24-22(27)14-16-7-8-17-5-3-4-6-18(17)13-16/h3-10,13,15H,2,11-12,14H2,1H3. The topological polar surface area (TPSA) is 86.7 Å². The van der Waals surface area contributed by atoms with Crippen LogP contribution >= 0.6 is 11.3 Å². The number of aromatic nitrogens is 1. The third-order valence-electron chi connectivity index (χ3n) is 4.93. The fourth-order valence-corrected chi connectivity index (χ4v) is 4.50. The molecule has 1 heterocycles. The first kappa shape index (κ1) is 20.9. The molecule has 1 amide bonds. The molecule has 0 atom stereocenters. The molecule has 0 N–H and O–H groups in total. The lowest BCUT2D eigenvalue weighted by molar-refractivity contribution is -0.384. The van der Waals surface area contributed by atoms with E-state index in [-0.39, 0.29) is 18.0 Å². The predicted octanol–water partition coefficient (Wildman–Crippen LogP) is 4.47. The maximum Gasteiger partial charge on any atom is 0.271 e. The first-order valence-corrected chi connectivity index (χ1v) is 10.8. The lowest BCUT2D eigenvalue weighted by Gasteiger charge is -2.05. The van der Waals surface area contributed by atoms with Gasteiger partial charge in [-0.05, 0) is 29.3 Å². The molecule has 0 radical (unpaired) electrons. The highest BCUT2D eigenvalue weighted by atomic mass is 32.1. The van der Waals surface area contributed by atoms with Gasteiger partial charge in [0.05, 0.1) is 28.2 Å². The summed E-state index contributed by atoms with van der Waals surface area (Å²) in [4.78, 5) is 28.4. The Hall–Kier alpha value is -3.36. The van der Waals surface area contributed by atoms with E-state index in [1.54, 1.807) is 6.07 Å². The quantitative estimate of drug-likeness (QED) is 0.243. The van der Waals surface area contributed by atoms with E-state index in [1.807, 2.05) is 54.0 Å². The van der Waals surface area contributed by atoms with Gasteiger partial charge in [0.25, 0.3) is 11.6 Å². The van der Waals surface area contributed by atoms with E-state index in [1.165, 1.54) is 23.5 Å². The monoisotopic (exact) mass is 435 g/mol. The van der Waals surface area contributed by atoms with E-state index >= 15 is 0 Å². The normalized spacial score (nSPS) is 12.0. The molecule has 7 nitrogen and oxygen atoms in total. The Labute approximate surface area is 182 Å². The number of carbonyl (C=O) groups excluding carboxylic acids is 1. The second-order valence-corrected chi connectivity index (χ2v) is 8.02. The number of amides is 1. The molecule has 0 aliphatic rings. The zero-order valence-corrected chi connectivity index (χ0v) is 17.8. The van der Waals surface area contributed by atoms with Gasteiger partial charge in [-0.1, -0.05) is 53.8 Å². The van der Waals surface area contributed by atoms with Crippen LogP contribution in [0.5, 0.6) is 0 Å². The lowest BCUT2D eigenvalue weighted by atomic mass is 10.1. The molecule has 4 rings (SSSR count). The molecule has 0 aliphatic carbocycles. The summed E-state index contributed by atoms with van der Waals surface area (Å²) < 4.78 is 8.11. The van der Waals surface area contributed by atoms with Crippen LogP contribution < -0.4 is 4.80 Å². The minimum Gasteiger partial charge on any atom is -0.380 e. The van der Waals surface area contributed by atoms with E-state index in [0.717, 1.165) is 21.0 Å². The third-order valence-corrected chi connectivity index (χ3v) is 5.99. The minimum absolute atomic E-state index is 0.00417. The number of benzene rings is 3. The number of thiazole rings is 1. The summed E-state index contributed by atoms with van der Waals surface area (Å²) in [6.45, 7) is 3.35. The molecule has 0 aliphatic heterocycles. The van der Waals surface area contributed by atoms with Crippen LogP contribution in [0.1, 0.15) is 12.5 Å².